The van der Waals surface area contributed by atoms with Gasteiger partial charge in [0.05, 0.1) is 11.1 Å². The average molecular weight is 431 g/mol. The molecule has 4 rings (SSSR count). The van der Waals surface area contributed by atoms with E-state index < -0.39 is 6.10 Å². The van der Waals surface area contributed by atoms with Crippen LogP contribution in [0.25, 0.3) is 10.1 Å². The second kappa shape index (κ2) is 7.71. The number of ether oxygens (including phenoxy) is 1. The van der Waals surface area contributed by atoms with Crippen molar-refractivity contribution in [2.45, 2.75) is 44.6 Å². The van der Waals surface area contributed by atoms with Gasteiger partial charge in [-0.3, -0.25) is 0 Å². The molecule has 1 N–H and O–H groups in total. The van der Waals surface area contributed by atoms with Crippen LogP contribution in [0.4, 0.5) is 0 Å². The maximum absolute atomic E-state index is 11.1. The van der Waals surface area contributed by atoms with Crippen LogP contribution in [-0.4, -0.2) is 11.7 Å². The summed E-state index contributed by atoms with van der Waals surface area (Å²) in [5.74, 6) is 1.45. The maximum atomic E-state index is 11.1. The Morgan fingerprint density at radius 3 is 2.77 bits per heavy atom. The zero-order valence-electron chi connectivity index (χ0n) is 14.9. The van der Waals surface area contributed by atoms with E-state index in [1.54, 1.807) is 11.3 Å². The van der Waals surface area contributed by atoms with Gasteiger partial charge in [-0.05, 0) is 81.9 Å². The van der Waals surface area contributed by atoms with E-state index in [0.29, 0.717) is 5.92 Å². The Kier molecular flexibility index (Phi) is 5.35. The standard InChI is InChI=1S/C22H23BrO2S/c1-2-3-10-25-19-13-16(14-8-9-14)17(12-18(19)23)22(24)21-11-15-6-4-5-7-20(15)26-21/h4-7,11-14,22,24H,2-3,8-10H2,1H3. The molecule has 1 fully saturated rings. The molecule has 1 saturated carbocycles. The van der Waals surface area contributed by atoms with Crippen LogP contribution in [-0.2, 0) is 0 Å². The Hall–Kier alpha value is -1.36. The van der Waals surface area contributed by atoms with Crippen molar-refractivity contribution in [2.24, 2.45) is 0 Å². The molecule has 0 bridgehead atoms. The average Bonchev–Trinajstić information content (AvgIpc) is 3.40. The Labute approximate surface area is 166 Å². The number of fused-ring (bicyclic) bond motifs is 1. The molecule has 1 aliphatic rings. The molecule has 0 radical (unpaired) electrons. The molecule has 1 atom stereocenters. The van der Waals surface area contributed by atoms with E-state index in [2.05, 4.69) is 53.2 Å². The summed E-state index contributed by atoms with van der Waals surface area (Å²) in [5.41, 5.74) is 2.25. The van der Waals surface area contributed by atoms with Crippen LogP contribution in [0.2, 0.25) is 0 Å². The minimum absolute atomic E-state index is 0.552. The molecular formula is C22H23BrO2S. The van der Waals surface area contributed by atoms with E-state index in [-0.39, 0.29) is 0 Å². The molecule has 2 aromatic carbocycles. The Bertz CT molecular complexity index is 881. The summed E-state index contributed by atoms with van der Waals surface area (Å²) in [4.78, 5) is 1.000. The third-order valence-corrected chi connectivity index (χ3v) is 6.71. The SMILES string of the molecule is CCCCOc1cc(C2CC2)c(C(O)c2cc3ccccc3s2)cc1Br. The van der Waals surface area contributed by atoms with Crippen molar-refractivity contribution < 1.29 is 9.84 Å². The number of halogens is 1. The van der Waals surface area contributed by atoms with E-state index in [1.165, 1.54) is 28.5 Å². The van der Waals surface area contributed by atoms with Crippen molar-refractivity contribution in [2.75, 3.05) is 6.61 Å². The van der Waals surface area contributed by atoms with E-state index in [4.69, 9.17) is 4.74 Å². The minimum Gasteiger partial charge on any atom is -0.492 e. The van der Waals surface area contributed by atoms with Crippen LogP contribution < -0.4 is 4.74 Å². The normalized spacial score (nSPS) is 15.3. The summed E-state index contributed by atoms with van der Waals surface area (Å²) >= 11 is 5.32. The fourth-order valence-electron chi connectivity index (χ4n) is 3.30. The third-order valence-electron chi connectivity index (χ3n) is 4.92. The smallest absolute Gasteiger partial charge is 0.133 e. The van der Waals surface area contributed by atoms with Crippen LogP contribution in [0.1, 0.15) is 60.6 Å². The Balaban J connectivity index is 1.69. The van der Waals surface area contributed by atoms with Gasteiger partial charge in [-0.25, -0.2) is 0 Å². The van der Waals surface area contributed by atoms with Gasteiger partial charge in [0.2, 0.25) is 0 Å². The lowest BCUT2D eigenvalue weighted by Gasteiger charge is -2.18. The van der Waals surface area contributed by atoms with Crippen LogP contribution >= 0.6 is 27.3 Å². The number of rotatable bonds is 7. The van der Waals surface area contributed by atoms with Crippen molar-refractivity contribution in [3.63, 3.8) is 0 Å². The van der Waals surface area contributed by atoms with Crippen LogP contribution in [0.5, 0.6) is 5.75 Å². The molecule has 136 valence electrons. The fourth-order valence-corrected chi connectivity index (χ4v) is 4.84. The van der Waals surface area contributed by atoms with E-state index >= 15 is 0 Å². The minimum atomic E-state index is -0.594. The van der Waals surface area contributed by atoms with Gasteiger partial charge < -0.3 is 9.84 Å². The monoisotopic (exact) mass is 430 g/mol. The number of hydrogen-bond donors (Lipinski definition) is 1. The summed E-state index contributed by atoms with van der Waals surface area (Å²) in [6, 6.07) is 14.6. The van der Waals surface area contributed by atoms with Crippen molar-refractivity contribution >= 4 is 37.4 Å². The number of benzene rings is 2. The van der Waals surface area contributed by atoms with Gasteiger partial charge in [-0.15, -0.1) is 11.3 Å². The molecule has 0 saturated heterocycles. The predicted molar refractivity (Wildman–Crippen MR) is 112 cm³/mol. The highest BCUT2D eigenvalue weighted by Gasteiger charge is 2.30. The molecule has 26 heavy (non-hydrogen) atoms. The topological polar surface area (TPSA) is 29.5 Å². The first-order valence-electron chi connectivity index (χ1n) is 9.30. The van der Waals surface area contributed by atoms with Crippen LogP contribution in [0.3, 0.4) is 0 Å². The van der Waals surface area contributed by atoms with E-state index in [0.717, 1.165) is 40.1 Å². The fraction of sp³-hybridized carbons (Fsp3) is 0.364. The summed E-state index contributed by atoms with van der Waals surface area (Å²) in [6.07, 6.45) is 3.97. The second-order valence-corrected chi connectivity index (χ2v) is 8.95. The molecule has 1 aliphatic carbocycles. The summed E-state index contributed by atoms with van der Waals surface area (Å²) < 4.78 is 8.10. The summed E-state index contributed by atoms with van der Waals surface area (Å²) in [7, 11) is 0. The third kappa shape index (κ3) is 3.68. The molecule has 1 heterocycles. The molecule has 0 spiro atoms. The number of hydrogen-bond acceptors (Lipinski definition) is 3. The van der Waals surface area contributed by atoms with E-state index in [1.807, 2.05) is 12.1 Å². The van der Waals surface area contributed by atoms with Crippen molar-refractivity contribution in [3.8, 4) is 5.75 Å². The maximum Gasteiger partial charge on any atom is 0.133 e. The van der Waals surface area contributed by atoms with Gasteiger partial charge in [0.1, 0.15) is 11.9 Å². The second-order valence-electron chi connectivity index (χ2n) is 6.98. The summed E-state index contributed by atoms with van der Waals surface area (Å²) in [6.45, 7) is 2.90. The molecule has 1 unspecified atom stereocenters. The molecule has 0 amide bonds. The summed E-state index contributed by atoms with van der Waals surface area (Å²) in [5, 5.41) is 12.3. The number of thiophene rings is 1. The van der Waals surface area contributed by atoms with Gasteiger partial charge in [-0.1, -0.05) is 31.5 Å². The van der Waals surface area contributed by atoms with Crippen molar-refractivity contribution in [1.82, 2.24) is 0 Å². The number of aliphatic hydroxyl groups is 1. The van der Waals surface area contributed by atoms with E-state index in [9.17, 15) is 5.11 Å². The molecule has 2 nitrogen and oxygen atoms in total. The highest BCUT2D eigenvalue weighted by molar-refractivity contribution is 9.10. The molecule has 1 aromatic heterocycles. The first kappa shape index (κ1) is 18.0. The first-order chi connectivity index (χ1) is 12.7. The largest absolute Gasteiger partial charge is 0.492 e. The number of aliphatic hydroxyl groups excluding tert-OH is 1. The Morgan fingerprint density at radius 2 is 2.04 bits per heavy atom. The molecular weight excluding hydrogens is 408 g/mol. The van der Waals surface area contributed by atoms with Crippen LogP contribution in [0, 0.1) is 0 Å². The van der Waals surface area contributed by atoms with Gasteiger partial charge in [0.15, 0.2) is 0 Å². The lowest BCUT2D eigenvalue weighted by molar-refractivity contribution is 0.222. The number of unbranched alkanes of at least 4 members (excludes halogenated alkanes) is 1. The van der Waals surface area contributed by atoms with Gasteiger partial charge in [0.25, 0.3) is 0 Å². The lowest BCUT2D eigenvalue weighted by atomic mass is 9.97. The van der Waals surface area contributed by atoms with Gasteiger partial charge >= 0.3 is 0 Å². The highest BCUT2D eigenvalue weighted by Crippen LogP contribution is 2.47. The first-order valence-corrected chi connectivity index (χ1v) is 10.9. The quantitative estimate of drug-likeness (QED) is 0.417. The zero-order valence-corrected chi connectivity index (χ0v) is 17.3. The highest BCUT2D eigenvalue weighted by atomic mass is 79.9. The van der Waals surface area contributed by atoms with Gasteiger partial charge in [0, 0.05) is 9.58 Å². The Morgan fingerprint density at radius 1 is 1.23 bits per heavy atom. The molecule has 3 aromatic rings. The lowest BCUT2D eigenvalue weighted by Crippen LogP contribution is -2.04. The van der Waals surface area contributed by atoms with Gasteiger partial charge in [-0.2, -0.15) is 0 Å². The molecule has 4 heteroatoms. The van der Waals surface area contributed by atoms with Crippen molar-refractivity contribution in [3.05, 3.63) is 62.9 Å². The zero-order chi connectivity index (χ0) is 18.1. The van der Waals surface area contributed by atoms with Crippen molar-refractivity contribution in [1.29, 1.82) is 0 Å². The predicted octanol–water partition coefficient (Wildman–Crippen LogP) is 6.80. The molecule has 0 aliphatic heterocycles. The van der Waals surface area contributed by atoms with Crippen LogP contribution in [0.15, 0.2) is 46.9 Å².